The highest BCUT2D eigenvalue weighted by atomic mass is 19.1. The van der Waals surface area contributed by atoms with E-state index in [9.17, 15) is 14.0 Å². The smallest absolute Gasteiger partial charge is 0.262 e. The fourth-order valence-corrected chi connectivity index (χ4v) is 2.91. The van der Waals surface area contributed by atoms with Crippen molar-refractivity contribution in [1.29, 1.82) is 0 Å². The van der Waals surface area contributed by atoms with Crippen LogP contribution < -0.4 is 19.7 Å². The Bertz CT molecular complexity index is 880. The Morgan fingerprint density at radius 1 is 1.25 bits per heavy atom. The quantitative estimate of drug-likeness (QED) is 0.852. The first-order valence-corrected chi connectivity index (χ1v) is 9.07. The molecule has 7 heteroatoms. The second-order valence-electron chi connectivity index (χ2n) is 7.20. The first kappa shape index (κ1) is 19.7. The number of hydrogen-bond acceptors (Lipinski definition) is 4. The van der Waals surface area contributed by atoms with Gasteiger partial charge in [0.2, 0.25) is 5.91 Å². The number of fused-ring (bicyclic) bond motifs is 1. The van der Waals surface area contributed by atoms with Crippen molar-refractivity contribution >= 4 is 23.2 Å². The van der Waals surface area contributed by atoms with E-state index in [0.29, 0.717) is 29.4 Å². The molecule has 0 atom stereocenters. The molecule has 0 unspecified atom stereocenters. The molecule has 28 heavy (non-hydrogen) atoms. The van der Waals surface area contributed by atoms with E-state index in [4.69, 9.17) is 9.47 Å². The molecule has 1 N–H and O–H groups in total. The zero-order chi connectivity index (χ0) is 20.3. The number of anilines is 2. The maximum atomic E-state index is 12.9. The third-order valence-corrected chi connectivity index (χ3v) is 4.45. The first-order valence-electron chi connectivity index (χ1n) is 9.07. The molecule has 1 aliphatic heterocycles. The largest absolute Gasteiger partial charge is 0.490 e. The minimum atomic E-state index is -0.637. The second kappa shape index (κ2) is 7.88. The number of benzene rings is 2. The van der Waals surface area contributed by atoms with E-state index in [-0.39, 0.29) is 30.8 Å². The Kier molecular flexibility index (Phi) is 5.53. The molecule has 0 bridgehead atoms. The van der Waals surface area contributed by atoms with E-state index in [1.807, 2.05) is 20.8 Å². The van der Waals surface area contributed by atoms with Crippen LogP contribution in [0.1, 0.15) is 20.8 Å². The highest BCUT2D eigenvalue weighted by Gasteiger charge is 2.37. The van der Waals surface area contributed by atoms with Crippen LogP contribution in [0.15, 0.2) is 42.5 Å². The van der Waals surface area contributed by atoms with E-state index in [1.165, 1.54) is 24.3 Å². The van der Waals surface area contributed by atoms with Crippen molar-refractivity contribution in [2.24, 2.45) is 5.41 Å². The molecule has 2 amide bonds. The third kappa shape index (κ3) is 4.24. The second-order valence-corrected chi connectivity index (χ2v) is 7.20. The summed E-state index contributed by atoms with van der Waals surface area (Å²) >= 11 is 0. The molecule has 6 nitrogen and oxygen atoms in total. The number of amides is 2. The maximum absolute atomic E-state index is 12.9. The molecule has 3 rings (SSSR count). The van der Waals surface area contributed by atoms with Crippen molar-refractivity contribution in [3.05, 3.63) is 48.3 Å². The van der Waals surface area contributed by atoms with Gasteiger partial charge in [-0.1, -0.05) is 0 Å². The topological polar surface area (TPSA) is 67.9 Å². The molecule has 2 aromatic rings. The summed E-state index contributed by atoms with van der Waals surface area (Å²) in [5.74, 6) is 0.228. The monoisotopic (exact) mass is 386 g/mol. The van der Waals surface area contributed by atoms with Crippen LogP contribution in [0.2, 0.25) is 0 Å². The van der Waals surface area contributed by atoms with Crippen molar-refractivity contribution in [3.8, 4) is 11.5 Å². The summed E-state index contributed by atoms with van der Waals surface area (Å²) in [6.45, 7) is 6.14. The Hall–Kier alpha value is -3.09. The average Bonchev–Trinajstić information content (AvgIpc) is 2.76. The molecule has 2 aromatic carbocycles. The van der Waals surface area contributed by atoms with Crippen molar-refractivity contribution < 1.29 is 23.5 Å². The van der Waals surface area contributed by atoms with Gasteiger partial charge in [-0.3, -0.25) is 9.59 Å². The molecular formula is C21H23FN2O4. The normalized spacial score (nSPS) is 15.3. The lowest BCUT2D eigenvalue weighted by molar-refractivity contribution is -0.127. The van der Waals surface area contributed by atoms with E-state index in [2.05, 4.69) is 5.32 Å². The van der Waals surface area contributed by atoms with Crippen LogP contribution in [-0.4, -0.2) is 31.6 Å². The van der Waals surface area contributed by atoms with Gasteiger partial charge in [-0.05, 0) is 63.2 Å². The minimum Gasteiger partial charge on any atom is -0.490 e. The van der Waals surface area contributed by atoms with Crippen LogP contribution in [0.4, 0.5) is 15.8 Å². The molecule has 0 radical (unpaired) electrons. The highest BCUT2D eigenvalue weighted by molar-refractivity contribution is 6.00. The Morgan fingerprint density at radius 3 is 2.64 bits per heavy atom. The molecule has 1 heterocycles. The van der Waals surface area contributed by atoms with Crippen LogP contribution in [0.5, 0.6) is 11.5 Å². The number of carbonyl (C=O) groups excluding carboxylic acids is 2. The molecule has 0 aromatic heterocycles. The number of ether oxygens (including phenoxy) is 2. The van der Waals surface area contributed by atoms with Gasteiger partial charge in [0, 0.05) is 12.2 Å². The maximum Gasteiger partial charge on any atom is 0.262 e. The van der Waals surface area contributed by atoms with Gasteiger partial charge in [-0.2, -0.15) is 0 Å². The van der Waals surface area contributed by atoms with Gasteiger partial charge < -0.3 is 19.7 Å². The van der Waals surface area contributed by atoms with Gasteiger partial charge in [0.1, 0.15) is 23.9 Å². The summed E-state index contributed by atoms with van der Waals surface area (Å²) in [6, 6.07) is 10.6. The van der Waals surface area contributed by atoms with Crippen LogP contribution in [0, 0.1) is 11.2 Å². The van der Waals surface area contributed by atoms with Gasteiger partial charge in [-0.15, -0.1) is 0 Å². The standard InChI is InChI=1S/C21H23FN2O4/c1-4-24-17-11-15(7-10-18(17)28-13-21(2,3)20(24)26)23-19(25)12-27-16-8-5-14(22)6-9-16/h5-11H,4,12-13H2,1-3H3,(H,23,25). The molecule has 0 saturated carbocycles. The van der Waals surface area contributed by atoms with E-state index < -0.39 is 5.41 Å². The lowest BCUT2D eigenvalue weighted by atomic mass is 9.93. The Morgan fingerprint density at radius 2 is 1.96 bits per heavy atom. The zero-order valence-electron chi connectivity index (χ0n) is 16.1. The highest BCUT2D eigenvalue weighted by Crippen LogP contribution is 2.38. The summed E-state index contributed by atoms with van der Waals surface area (Å²) in [4.78, 5) is 26.6. The zero-order valence-corrected chi connectivity index (χ0v) is 16.1. The Balaban J connectivity index is 1.71. The van der Waals surface area contributed by atoms with Crippen molar-refractivity contribution in [2.45, 2.75) is 20.8 Å². The molecular weight excluding hydrogens is 363 g/mol. The summed E-state index contributed by atoms with van der Waals surface area (Å²) in [5, 5.41) is 2.74. The molecule has 0 spiro atoms. The summed E-state index contributed by atoms with van der Waals surface area (Å²) in [5.41, 5.74) is 0.512. The first-order chi connectivity index (χ1) is 13.3. The van der Waals surface area contributed by atoms with E-state index in [1.54, 1.807) is 23.1 Å². The summed E-state index contributed by atoms with van der Waals surface area (Å²) in [6.07, 6.45) is 0. The lowest BCUT2D eigenvalue weighted by Gasteiger charge is -2.27. The molecule has 0 saturated heterocycles. The number of halogens is 1. The molecule has 0 fully saturated rings. The average molecular weight is 386 g/mol. The van der Waals surface area contributed by atoms with Crippen molar-refractivity contribution in [2.75, 3.05) is 30.0 Å². The van der Waals surface area contributed by atoms with Crippen LogP contribution in [0.25, 0.3) is 0 Å². The minimum absolute atomic E-state index is 0.0307. The van der Waals surface area contributed by atoms with Crippen LogP contribution in [0.3, 0.4) is 0 Å². The lowest BCUT2D eigenvalue weighted by Crippen LogP contribution is -2.42. The fourth-order valence-electron chi connectivity index (χ4n) is 2.91. The number of rotatable bonds is 5. The van der Waals surface area contributed by atoms with Crippen LogP contribution >= 0.6 is 0 Å². The fraction of sp³-hybridized carbons (Fsp3) is 0.333. The predicted octanol–water partition coefficient (Wildman–Crippen LogP) is 3.61. The molecule has 148 valence electrons. The van der Waals surface area contributed by atoms with Crippen molar-refractivity contribution in [3.63, 3.8) is 0 Å². The van der Waals surface area contributed by atoms with E-state index >= 15 is 0 Å². The number of nitrogens with zero attached hydrogens (tertiary/aromatic N) is 1. The molecule has 0 aliphatic carbocycles. The summed E-state index contributed by atoms with van der Waals surface area (Å²) in [7, 11) is 0. The van der Waals surface area contributed by atoms with Gasteiger partial charge in [0.05, 0.1) is 11.1 Å². The van der Waals surface area contributed by atoms with Gasteiger partial charge in [-0.25, -0.2) is 4.39 Å². The van der Waals surface area contributed by atoms with Gasteiger partial charge in [0.25, 0.3) is 5.91 Å². The SMILES string of the molecule is CCN1C(=O)C(C)(C)COc2ccc(NC(=O)COc3ccc(F)cc3)cc21. The number of nitrogens with one attached hydrogen (secondary N) is 1. The summed E-state index contributed by atoms with van der Waals surface area (Å²) < 4.78 is 24.1. The number of carbonyl (C=O) groups is 2. The Labute approximate surface area is 163 Å². The number of hydrogen-bond donors (Lipinski definition) is 1. The third-order valence-electron chi connectivity index (χ3n) is 4.45. The predicted molar refractivity (Wildman–Crippen MR) is 104 cm³/mol. The van der Waals surface area contributed by atoms with Gasteiger partial charge >= 0.3 is 0 Å². The van der Waals surface area contributed by atoms with Gasteiger partial charge in [0.15, 0.2) is 6.61 Å². The molecule has 1 aliphatic rings. The van der Waals surface area contributed by atoms with Crippen molar-refractivity contribution in [1.82, 2.24) is 0 Å². The van der Waals surface area contributed by atoms with Crippen LogP contribution in [-0.2, 0) is 9.59 Å². The van der Waals surface area contributed by atoms with E-state index in [0.717, 1.165) is 0 Å².